The van der Waals surface area contributed by atoms with Crippen LogP contribution >= 0.6 is 0 Å². The van der Waals surface area contributed by atoms with Crippen LogP contribution in [0, 0.1) is 0 Å². The van der Waals surface area contributed by atoms with Gasteiger partial charge in [0.25, 0.3) is 0 Å². The normalized spacial score (nSPS) is 15.2. The third kappa shape index (κ3) is 6.04. The van der Waals surface area contributed by atoms with Crippen LogP contribution in [0.25, 0.3) is 0 Å². The Hall–Kier alpha value is -1.93. The first-order valence-electron chi connectivity index (χ1n) is 9.30. The Labute approximate surface area is 161 Å². The van der Waals surface area contributed by atoms with Crippen molar-refractivity contribution in [3.63, 3.8) is 0 Å². The molecule has 0 atom stereocenters. The molecule has 2 amide bonds. The molecule has 2 rings (SSSR count). The number of unbranched alkanes of at least 4 members (excludes halogenated alkanes) is 1. The van der Waals surface area contributed by atoms with Gasteiger partial charge in [0.15, 0.2) is 0 Å². The molecule has 1 fully saturated rings. The molecule has 1 aromatic rings. The second-order valence-corrected chi connectivity index (χ2v) is 10.2. The molecule has 27 heavy (non-hydrogen) atoms. The third-order valence-corrected chi connectivity index (χ3v) is 6.66. The number of rotatable bonds is 8. The molecule has 150 valence electrons. The number of benzene rings is 1. The highest BCUT2D eigenvalue weighted by Crippen LogP contribution is 2.23. The van der Waals surface area contributed by atoms with Crippen LogP contribution in [0.15, 0.2) is 24.3 Å². The molecule has 0 aromatic heterocycles. The number of anilines is 2. The maximum absolute atomic E-state index is 12.0. The van der Waals surface area contributed by atoms with Gasteiger partial charge in [-0.3, -0.25) is 9.59 Å². The molecule has 1 saturated heterocycles. The molecule has 7 nitrogen and oxygen atoms in total. The van der Waals surface area contributed by atoms with Gasteiger partial charge >= 0.3 is 0 Å². The maximum Gasteiger partial charge on any atom is 0.227 e. The molecule has 1 heterocycles. The quantitative estimate of drug-likeness (QED) is 0.662. The lowest BCUT2D eigenvalue weighted by molar-refractivity contribution is -0.117. The van der Waals surface area contributed by atoms with Gasteiger partial charge in [0, 0.05) is 37.3 Å². The van der Waals surface area contributed by atoms with Crippen molar-refractivity contribution in [3.05, 3.63) is 24.3 Å². The summed E-state index contributed by atoms with van der Waals surface area (Å²) in [4.78, 5) is 25.5. The first kappa shape index (κ1) is 21.4. The zero-order valence-electron chi connectivity index (χ0n) is 16.2. The molecular weight excluding hydrogens is 366 g/mol. The van der Waals surface area contributed by atoms with Gasteiger partial charge in [-0.05, 0) is 64.3 Å². The van der Waals surface area contributed by atoms with Crippen LogP contribution in [-0.4, -0.2) is 38.1 Å². The summed E-state index contributed by atoms with van der Waals surface area (Å²) in [5.41, 5.74) is 1.53. The van der Waals surface area contributed by atoms with Crippen LogP contribution in [0.1, 0.15) is 52.9 Å². The van der Waals surface area contributed by atoms with Gasteiger partial charge in [0.1, 0.15) is 0 Å². The number of nitrogens with zero attached hydrogens (tertiary/aromatic N) is 1. The SMILES string of the molecule is CC(C)(C)S(=O)(=O)NCCCCC(=O)Nc1ccc(N2CCCC2=O)cc1. The van der Waals surface area contributed by atoms with Crippen molar-refractivity contribution in [1.82, 2.24) is 4.72 Å². The van der Waals surface area contributed by atoms with Crippen molar-refractivity contribution in [1.29, 1.82) is 0 Å². The summed E-state index contributed by atoms with van der Waals surface area (Å²) in [5, 5.41) is 2.82. The number of hydrogen-bond acceptors (Lipinski definition) is 4. The Bertz CT molecular complexity index is 767. The van der Waals surface area contributed by atoms with Crippen LogP contribution in [0.2, 0.25) is 0 Å². The fourth-order valence-electron chi connectivity index (χ4n) is 2.70. The lowest BCUT2D eigenvalue weighted by atomic mass is 10.2. The molecule has 0 unspecified atom stereocenters. The Morgan fingerprint density at radius 3 is 2.37 bits per heavy atom. The summed E-state index contributed by atoms with van der Waals surface area (Å²) in [5.74, 6) is 0.0209. The average Bonchev–Trinajstić information content (AvgIpc) is 3.00. The monoisotopic (exact) mass is 395 g/mol. The molecule has 1 aliphatic rings. The van der Waals surface area contributed by atoms with E-state index in [0.29, 0.717) is 37.9 Å². The van der Waals surface area contributed by atoms with Gasteiger partial charge in [-0.2, -0.15) is 0 Å². The van der Waals surface area contributed by atoms with Crippen molar-refractivity contribution < 1.29 is 18.0 Å². The van der Waals surface area contributed by atoms with Gasteiger partial charge in [-0.1, -0.05) is 0 Å². The first-order valence-corrected chi connectivity index (χ1v) is 10.8. The molecule has 1 aliphatic heterocycles. The van der Waals surface area contributed by atoms with E-state index in [4.69, 9.17) is 0 Å². The molecule has 0 saturated carbocycles. The molecule has 1 aromatic carbocycles. The Balaban J connectivity index is 1.71. The molecule has 0 spiro atoms. The fourth-order valence-corrected chi connectivity index (χ4v) is 3.55. The van der Waals surface area contributed by atoms with E-state index in [1.807, 2.05) is 12.1 Å². The maximum atomic E-state index is 12.0. The second kappa shape index (κ2) is 8.84. The van der Waals surface area contributed by atoms with Gasteiger partial charge < -0.3 is 10.2 Å². The van der Waals surface area contributed by atoms with Gasteiger partial charge in [-0.15, -0.1) is 0 Å². The molecule has 0 aliphatic carbocycles. The van der Waals surface area contributed by atoms with Crippen molar-refractivity contribution in [2.75, 3.05) is 23.3 Å². The number of amides is 2. The summed E-state index contributed by atoms with van der Waals surface area (Å²) in [6.07, 6.45) is 2.98. The van der Waals surface area contributed by atoms with E-state index in [1.54, 1.807) is 37.8 Å². The second-order valence-electron chi connectivity index (χ2n) is 7.71. The number of sulfonamides is 1. The van der Waals surface area contributed by atoms with Crippen molar-refractivity contribution in [2.24, 2.45) is 0 Å². The Morgan fingerprint density at radius 2 is 1.81 bits per heavy atom. The zero-order chi connectivity index (χ0) is 20.1. The van der Waals surface area contributed by atoms with E-state index in [0.717, 1.165) is 18.7 Å². The summed E-state index contributed by atoms with van der Waals surface area (Å²) in [6, 6.07) is 7.24. The minimum absolute atomic E-state index is 0.112. The first-order chi connectivity index (χ1) is 12.6. The average molecular weight is 396 g/mol. The standard InChI is InChI=1S/C19H29N3O4S/c1-19(2,3)27(25,26)20-13-5-4-7-17(23)21-15-9-11-16(12-10-15)22-14-6-8-18(22)24/h9-12,20H,4-8,13-14H2,1-3H3,(H,21,23). The molecule has 0 radical (unpaired) electrons. The number of carbonyl (C=O) groups is 2. The number of carbonyl (C=O) groups excluding carboxylic acids is 2. The molecule has 8 heteroatoms. The predicted molar refractivity (Wildman–Crippen MR) is 107 cm³/mol. The van der Waals surface area contributed by atoms with Crippen LogP contribution in [0.3, 0.4) is 0 Å². The highest BCUT2D eigenvalue weighted by Gasteiger charge is 2.28. The smallest absolute Gasteiger partial charge is 0.227 e. The van der Waals surface area contributed by atoms with E-state index < -0.39 is 14.8 Å². The van der Waals surface area contributed by atoms with E-state index >= 15 is 0 Å². The molecule has 2 N–H and O–H groups in total. The lowest BCUT2D eigenvalue weighted by Crippen LogP contribution is -2.39. The van der Waals surface area contributed by atoms with E-state index in [9.17, 15) is 18.0 Å². The number of nitrogens with one attached hydrogen (secondary N) is 2. The van der Waals surface area contributed by atoms with Crippen LogP contribution in [0.4, 0.5) is 11.4 Å². The van der Waals surface area contributed by atoms with Crippen molar-refractivity contribution in [3.8, 4) is 0 Å². The predicted octanol–water partition coefficient (Wildman–Crippen LogP) is 2.64. The van der Waals surface area contributed by atoms with E-state index in [-0.39, 0.29) is 11.8 Å². The zero-order valence-corrected chi connectivity index (χ0v) is 17.1. The summed E-state index contributed by atoms with van der Waals surface area (Å²) < 4.78 is 25.6. The van der Waals surface area contributed by atoms with Crippen molar-refractivity contribution >= 4 is 33.2 Å². The van der Waals surface area contributed by atoms with Crippen molar-refractivity contribution in [2.45, 2.75) is 57.6 Å². The fraction of sp³-hybridized carbons (Fsp3) is 0.579. The summed E-state index contributed by atoms with van der Waals surface area (Å²) in [6.45, 7) is 6.00. The largest absolute Gasteiger partial charge is 0.326 e. The third-order valence-electron chi connectivity index (χ3n) is 4.47. The molecular formula is C19H29N3O4S. The van der Waals surface area contributed by atoms with E-state index in [1.165, 1.54) is 0 Å². The topological polar surface area (TPSA) is 95.6 Å². The summed E-state index contributed by atoms with van der Waals surface area (Å²) in [7, 11) is -3.34. The van der Waals surface area contributed by atoms with E-state index in [2.05, 4.69) is 10.0 Å². The lowest BCUT2D eigenvalue weighted by Gasteiger charge is -2.19. The highest BCUT2D eigenvalue weighted by molar-refractivity contribution is 7.90. The van der Waals surface area contributed by atoms with Crippen LogP contribution in [-0.2, 0) is 19.6 Å². The minimum Gasteiger partial charge on any atom is -0.326 e. The molecule has 0 bridgehead atoms. The van der Waals surface area contributed by atoms with Gasteiger partial charge in [-0.25, -0.2) is 13.1 Å². The van der Waals surface area contributed by atoms with Gasteiger partial charge in [0.05, 0.1) is 4.75 Å². The Morgan fingerprint density at radius 1 is 1.15 bits per heavy atom. The number of hydrogen-bond donors (Lipinski definition) is 2. The van der Waals surface area contributed by atoms with Crippen LogP contribution < -0.4 is 14.9 Å². The highest BCUT2D eigenvalue weighted by atomic mass is 32.2. The summed E-state index contributed by atoms with van der Waals surface area (Å²) >= 11 is 0. The van der Waals surface area contributed by atoms with Gasteiger partial charge in [0.2, 0.25) is 21.8 Å². The Kier molecular flexibility index (Phi) is 7.00. The minimum atomic E-state index is -3.34. The van der Waals surface area contributed by atoms with Crippen LogP contribution in [0.5, 0.6) is 0 Å².